The van der Waals surface area contributed by atoms with Crippen molar-refractivity contribution in [3.63, 3.8) is 0 Å². The van der Waals surface area contributed by atoms with Gasteiger partial charge in [-0.05, 0) is 5.56 Å². The summed E-state index contributed by atoms with van der Waals surface area (Å²) >= 11 is 0. The molecule has 2 aliphatic heterocycles. The van der Waals surface area contributed by atoms with Crippen LogP contribution in [-0.4, -0.2) is 43.4 Å². The Bertz CT molecular complexity index is 874. The maximum Gasteiger partial charge on any atom is 0.258 e. The molecule has 0 saturated carbocycles. The Morgan fingerprint density at radius 3 is 2.92 bits per heavy atom. The van der Waals surface area contributed by atoms with Gasteiger partial charge in [-0.15, -0.1) is 0 Å². The van der Waals surface area contributed by atoms with Gasteiger partial charge in [0, 0.05) is 50.0 Å². The van der Waals surface area contributed by atoms with Crippen LogP contribution in [0.2, 0.25) is 0 Å². The van der Waals surface area contributed by atoms with Crippen molar-refractivity contribution in [1.29, 1.82) is 0 Å². The lowest BCUT2D eigenvalue weighted by molar-refractivity contribution is -0.114. The molecular weight excluding hydrogens is 342 g/mol. The monoisotopic (exact) mass is 359 g/mol. The quantitative estimate of drug-likeness (QED) is 0.852. The second-order valence-corrected chi connectivity index (χ2v) is 7.08. The lowest BCUT2D eigenvalue weighted by Crippen LogP contribution is -2.30. The standard InChI is InChI=1S/C16H17N5O3S/c1-24-15-3-2-11(7-17-15)9-20-5-4-13-12(10-20)8-18-21(13)16-6-14(22)19-25(16)23/h2-3,6-8H,4-5,9-10H2,1H3,(H,19,22). The summed E-state index contributed by atoms with van der Waals surface area (Å²) in [6.45, 7) is 2.39. The fraction of sp³-hybridized carbons (Fsp3) is 0.312. The summed E-state index contributed by atoms with van der Waals surface area (Å²) in [4.78, 5) is 17.9. The van der Waals surface area contributed by atoms with Gasteiger partial charge < -0.3 is 4.74 Å². The number of pyridine rings is 1. The number of carbonyl (C=O) groups is 1. The van der Waals surface area contributed by atoms with E-state index in [-0.39, 0.29) is 5.91 Å². The largest absolute Gasteiger partial charge is 0.481 e. The second kappa shape index (κ2) is 6.41. The smallest absolute Gasteiger partial charge is 0.258 e. The van der Waals surface area contributed by atoms with Crippen LogP contribution in [0, 0.1) is 0 Å². The van der Waals surface area contributed by atoms with Crippen LogP contribution in [0.15, 0.2) is 30.6 Å². The Labute approximate surface area is 147 Å². The van der Waals surface area contributed by atoms with Crippen LogP contribution in [-0.2, 0) is 35.3 Å². The predicted molar refractivity (Wildman–Crippen MR) is 91.4 cm³/mol. The molecule has 25 heavy (non-hydrogen) atoms. The van der Waals surface area contributed by atoms with E-state index in [1.165, 1.54) is 6.08 Å². The normalized spacial score (nSPS) is 20.1. The number of nitrogens with zero attached hydrogens (tertiary/aromatic N) is 4. The van der Waals surface area contributed by atoms with Crippen LogP contribution in [0.4, 0.5) is 0 Å². The lowest BCUT2D eigenvalue weighted by Gasteiger charge is -2.27. The number of hydrogen-bond donors (Lipinski definition) is 1. The van der Waals surface area contributed by atoms with Gasteiger partial charge in [0.05, 0.1) is 19.0 Å². The van der Waals surface area contributed by atoms with E-state index >= 15 is 0 Å². The molecule has 4 heterocycles. The summed E-state index contributed by atoms with van der Waals surface area (Å²) < 4.78 is 21.0. The molecule has 1 amide bonds. The topological polar surface area (TPSA) is 89.4 Å². The van der Waals surface area contributed by atoms with Crippen molar-refractivity contribution >= 4 is 21.9 Å². The molecule has 2 aromatic heterocycles. The van der Waals surface area contributed by atoms with E-state index in [0.29, 0.717) is 10.9 Å². The van der Waals surface area contributed by atoms with E-state index in [1.807, 2.05) is 18.3 Å². The predicted octanol–water partition coefficient (Wildman–Crippen LogP) is 0.437. The molecule has 2 aromatic rings. The maximum absolute atomic E-state index is 11.9. The van der Waals surface area contributed by atoms with Gasteiger partial charge in [-0.2, -0.15) is 5.10 Å². The Morgan fingerprint density at radius 2 is 2.24 bits per heavy atom. The molecular formula is C16H17N5O3S. The Hall–Kier alpha value is -2.52. The maximum atomic E-state index is 11.9. The second-order valence-electron chi connectivity index (χ2n) is 5.92. The number of carbonyl (C=O) groups excluding carboxylic acids is 1. The first-order valence-corrected chi connectivity index (χ1v) is 9.00. The highest BCUT2D eigenvalue weighted by Gasteiger charge is 2.27. The van der Waals surface area contributed by atoms with E-state index < -0.39 is 11.0 Å². The van der Waals surface area contributed by atoms with E-state index in [0.717, 1.165) is 42.9 Å². The minimum absolute atomic E-state index is 0.345. The third kappa shape index (κ3) is 3.08. The van der Waals surface area contributed by atoms with Crippen molar-refractivity contribution in [2.75, 3.05) is 13.7 Å². The first kappa shape index (κ1) is 16.0. The van der Waals surface area contributed by atoms with Crippen molar-refractivity contribution in [2.24, 2.45) is 0 Å². The SMILES string of the molecule is COc1ccc(CN2CCc3c(cnn3C3=CC(=O)NS3=O)C2)cn1. The third-order valence-electron chi connectivity index (χ3n) is 4.27. The first-order valence-electron chi connectivity index (χ1n) is 7.85. The highest BCUT2D eigenvalue weighted by atomic mass is 32.2. The zero-order chi connectivity index (χ0) is 17.4. The number of rotatable bonds is 4. The van der Waals surface area contributed by atoms with Gasteiger partial charge in [-0.3, -0.25) is 14.4 Å². The van der Waals surface area contributed by atoms with Crippen LogP contribution < -0.4 is 9.46 Å². The molecule has 9 heteroatoms. The molecule has 0 aromatic carbocycles. The number of aromatic nitrogens is 3. The van der Waals surface area contributed by atoms with Gasteiger partial charge in [-0.1, -0.05) is 6.07 Å². The van der Waals surface area contributed by atoms with E-state index in [1.54, 1.807) is 18.0 Å². The van der Waals surface area contributed by atoms with Crippen molar-refractivity contribution in [2.45, 2.75) is 19.5 Å². The molecule has 130 valence electrons. The number of nitrogens with one attached hydrogen (secondary N) is 1. The van der Waals surface area contributed by atoms with Crippen molar-refractivity contribution in [3.05, 3.63) is 47.4 Å². The zero-order valence-corrected chi connectivity index (χ0v) is 14.5. The van der Waals surface area contributed by atoms with Gasteiger partial charge in [0.15, 0.2) is 16.0 Å². The average molecular weight is 359 g/mol. The molecule has 0 spiro atoms. The van der Waals surface area contributed by atoms with Gasteiger partial charge >= 0.3 is 0 Å². The number of ether oxygens (including phenoxy) is 1. The summed E-state index contributed by atoms with van der Waals surface area (Å²) in [6.07, 6.45) is 5.73. The fourth-order valence-electron chi connectivity index (χ4n) is 3.08. The number of amides is 1. The Balaban J connectivity index is 1.50. The summed E-state index contributed by atoms with van der Waals surface area (Å²) in [5, 5.41) is 4.74. The Kier molecular flexibility index (Phi) is 4.10. The first-order chi connectivity index (χ1) is 12.1. The number of methoxy groups -OCH3 is 1. The summed E-state index contributed by atoms with van der Waals surface area (Å²) in [7, 11) is 0.0656. The molecule has 0 saturated heterocycles. The highest BCUT2D eigenvalue weighted by molar-refractivity contribution is 7.93. The van der Waals surface area contributed by atoms with E-state index in [2.05, 4.69) is 19.7 Å². The fourth-order valence-corrected chi connectivity index (χ4v) is 3.95. The molecule has 1 N–H and O–H groups in total. The van der Waals surface area contributed by atoms with Gasteiger partial charge in [0.25, 0.3) is 5.91 Å². The van der Waals surface area contributed by atoms with Crippen LogP contribution >= 0.6 is 0 Å². The molecule has 0 aliphatic carbocycles. The molecule has 4 rings (SSSR count). The number of fused-ring (bicyclic) bond motifs is 1. The molecule has 0 bridgehead atoms. The molecule has 8 nitrogen and oxygen atoms in total. The minimum atomic E-state index is -1.53. The van der Waals surface area contributed by atoms with Crippen molar-refractivity contribution < 1.29 is 13.7 Å². The highest BCUT2D eigenvalue weighted by Crippen LogP contribution is 2.24. The molecule has 1 unspecified atom stereocenters. The lowest BCUT2D eigenvalue weighted by atomic mass is 10.1. The van der Waals surface area contributed by atoms with Crippen molar-refractivity contribution in [3.8, 4) is 5.88 Å². The summed E-state index contributed by atoms with van der Waals surface area (Å²) in [6, 6.07) is 3.86. The summed E-state index contributed by atoms with van der Waals surface area (Å²) in [5.74, 6) is 0.258. The molecule has 0 fully saturated rings. The average Bonchev–Trinajstić information content (AvgIpc) is 3.17. The van der Waals surface area contributed by atoms with Gasteiger partial charge in [0.1, 0.15) is 0 Å². The van der Waals surface area contributed by atoms with Crippen LogP contribution in [0.5, 0.6) is 5.88 Å². The Morgan fingerprint density at radius 1 is 1.36 bits per heavy atom. The molecule has 0 radical (unpaired) electrons. The van der Waals surface area contributed by atoms with E-state index in [4.69, 9.17) is 4.74 Å². The van der Waals surface area contributed by atoms with Gasteiger partial charge in [-0.25, -0.2) is 13.9 Å². The molecule has 2 aliphatic rings. The van der Waals surface area contributed by atoms with E-state index in [9.17, 15) is 9.00 Å². The summed E-state index contributed by atoms with van der Waals surface area (Å²) in [5.41, 5.74) is 3.22. The van der Waals surface area contributed by atoms with Gasteiger partial charge in [0.2, 0.25) is 5.88 Å². The zero-order valence-electron chi connectivity index (χ0n) is 13.6. The van der Waals surface area contributed by atoms with Crippen LogP contribution in [0.3, 0.4) is 0 Å². The number of hydrogen-bond acceptors (Lipinski definition) is 6. The van der Waals surface area contributed by atoms with Crippen LogP contribution in [0.25, 0.3) is 5.03 Å². The third-order valence-corrected chi connectivity index (χ3v) is 5.33. The van der Waals surface area contributed by atoms with Crippen LogP contribution in [0.1, 0.15) is 16.8 Å². The minimum Gasteiger partial charge on any atom is -0.481 e. The van der Waals surface area contributed by atoms with Crippen molar-refractivity contribution in [1.82, 2.24) is 24.4 Å². The molecule has 1 atom stereocenters.